The van der Waals surface area contributed by atoms with E-state index in [0.717, 1.165) is 32.1 Å². The molecule has 0 aliphatic heterocycles. The molecule has 1 atom stereocenters. The first kappa shape index (κ1) is 12.0. The Kier molecular flexibility index (Phi) is 6.20. The van der Waals surface area contributed by atoms with Crippen molar-refractivity contribution in [1.82, 2.24) is 5.32 Å². The monoisotopic (exact) mass is 199 g/mol. The molecule has 1 rings (SSSR count). The molecular weight excluding hydrogens is 174 g/mol. The molecule has 2 nitrogen and oxygen atoms in total. The van der Waals surface area contributed by atoms with E-state index in [2.05, 4.69) is 19.2 Å². The molecule has 0 aromatic heterocycles. The maximum absolute atomic E-state index is 5.60. The average molecular weight is 199 g/mol. The van der Waals surface area contributed by atoms with Gasteiger partial charge >= 0.3 is 0 Å². The molecule has 0 aromatic rings. The first-order valence-electron chi connectivity index (χ1n) is 6.14. The van der Waals surface area contributed by atoms with Crippen LogP contribution >= 0.6 is 0 Å². The van der Waals surface area contributed by atoms with Crippen LogP contribution in [0.4, 0.5) is 0 Å². The van der Waals surface area contributed by atoms with E-state index >= 15 is 0 Å². The van der Waals surface area contributed by atoms with Crippen molar-refractivity contribution in [1.29, 1.82) is 0 Å². The largest absolute Gasteiger partial charge is 0.381 e. The lowest BCUT2D eigenvalue weighted by Crippen LogP contribution is -2.27. The third-order valence-electron chi connectivity index (χ3n) is 2.81. The lowest BCUT2D eigenvalue weighted by Gasteiger charge is -2.12. The molecule has 1 N–H and O–H groups in total. The fourth-order valence-corrected chi connectivity index (χ4v) is 1.51. The van der Waals surface area contributed by atoms with Crippen molar-refractivity contribution in [2.45, 2.75) is 52.0 Å². The van der Waals surface area contributed by atoms with E-state index in [0.29, 0.717) is 6.04 Å². The summed E-state index contributed by atoms with van der Waals surface area (Å²) in [5.74, 6) is 1.01. The smallest absolute Gasteiger partial charge is 0.0480 e. The Labute approximate surface area is 88.4 Å². The summed E-state index contributed by atoms with van der Waals surface area (Å²) in [5, 5.41) is 3.46. The van der Waals surface area contributed by atoms with Crippen LogP contribution in [0.15, 0.2) is 0 Å². The van der Waals surface area contributed by atoms with E-state index in [9.17, 15) is 0 Å². The molecule has 84 valence electrons. The lowest BCUT2D eigenvalue weighted by molar-refractivity contribution is 0.120. The minimum atomic E-state index is 0.607. The summed E-state index contributed by atoms with van der Waals surface area (Å²) >= 11 is 0. The fourth-order valence-electron chi connectivity index (χ4n) is 1.51. The van der Waals surface area contributed by atoms with Gasteiger partial charge in [-0.3, -0.25) is 0 Å². The van der Waals surface area contributed by atoms with Gasteiger partial charge in [0.2, 0.25) is 0 Å². The number of rotatable bonds is 9. The van der Waals surface area contributed by atoms with Gasteiger partial charge in [-0.2, -0.15) is 0 Å². The Bertz CT molecular complexity index is 134. The summed E-state index contributed by atoms with van der Waals surface area (Å²) < 4.78 is 5.60. The predicted octanol–water partition coefficient (Wildman–Crippen LogP) is 2.58. The van der Waals surface area contributed by atoms with Gasteiger partial charge in [-0.1, -0.05) is 19.8 Å². The van der Waals surface area contributed by atoms with Crippen molar-refractivity contribution in [3.05, 3.63) is 0 Å². The summed E-state index contributed by atoms with van der Waals surface area (Å²) in [6.07, 6.45) is 6.53. The minimum Gasteiger partial charge on any atom is -0.381 e. The van der Waals surface area contributed by atoms with Gasteiger partial charge < -0.3 is 10.1 Å². The van der Waals surface area contributed by atoms with E-state index in [1.807, 2.05) is 0 Å². The Morgan fingerprint density at radius 3 is 2.79 bits per heavy atom. The van der Waals surface area contributed by atoms with Crippen LogP contribution in [-0.4, -0.2) is 25.8 Å². The molecule has 0 aromatic carbocycles. The molecule has 0 bridgehead atoms. The van der Waals surface area contributed by atoms with Crippen molar-refractivity contribution in [3.8, 4) is 0 Å². The molecular formula is C12H25NO. The van der Waals surface area contributed by atoms with E-state index in [-0.39, 0.29) is 0 Å². The van der Waals surface area contributed by atoms with Gasteiger partial charge in [-0.25, -0.2) is 0 Å². The molecule has 0 saturated heterocycles. The average Bonchev–Trinajstić information content (AvgIpc) is 2.98. The van der Waals surface area contributed by atoms with Gasteiger partial charge in [-0.15, -0.1) is 0 Å². The fraction of sp³-hybridized carbons (Fsp3) is 1.00. The van der Waals surface area contributed by atoms with Gasteiger partial charge in [0.15, 0.2) is 0 Å². The first-order valence-corrected chi connectivity index (χ1v) is 6.14. The van der Waals surface area contributed by atoms with E-state index in [1.165, 1.54) is 25.7 Å². The second-order valence-electron chi connectivity index (χ2n) is 4.49. The molecule has 0 amide bonds. The minimum absolute atomic E-state index is 0.607. The van der Waals surface area contributed by atoms with E-state index in [4.69, 9.17) is 4.74 Å². The zero-order valence-electron chi connectivity index (χ0n) is 9.72. The van der Waals surface area contributed by atoms with Gasteiger partial charge in [0, 0.05) is 19.3 Å². The van der Waals surface area contributed by atoms with Gasteiger partial charge in [0.1, 0.15) is 0 Å². The summed E-state index contributed by atoms with van der Waals surface area (Å²) in [6, 6.07) is 0.607. The molecule has 14 heavy (non-hydrogen) atoms. The molecule has 1 aliphatic carbocycles. The third kappa shape index (κ3) is 6.39. The highest BCUT2D eigenvalue weighted by Crippen LogP contribution is 2.32. The Balaban J connectivity index is 1.77. The Hall–Kier alpha value is -0.0800. The van der Waals surface area contributed by atoms with Crippen molar-refractivity contribution < 1.29 is 4.74 Å². The maximum Gasteiger partial charge on any atom is 0.0480 e. The van der Waals surface area contributed by atoms with Crippen molar-refractivity contribution >= 4 is 0 Å². The number of hydrogen-bond acceptors (Lipinski definition) is 2. The van der Waals surface area contributed by atoms with Crippen LogP contribution in [0, 0.1) is 5.92 Å². The van der Waals surface area contributed by atoms with Crippen LogP contribution in [0.5, 0.6) is 0 Å². The van der Waals surface area contributed by atoms with Gasteiger partial charge in [0.05, 0.1) is 0 Å². The second-order valence-corrected chi connectivity index (χ2v) is 4.49. The molecule has 0 heterocycles. The van der Waals surface area contributed by atoms with Crippen LogP contribution in [0.25, 0.3) is 0 Å². The molecule has 1 aliphatic rings. The van der Waals surface area contributed by atoms with Crippen molar-refractivity contribution in [2.75, 3.05) is 19.8 Å². The third-order valence-corrected chi connectivity index (χ3v) is 2.81. The zero-order chi connectivity index (χ0) is 10.2. The SMILES string of the molecule is CCCNC(C)CCOCCC1CC1. The molecule has 2 heteroatoms. The molecule has 1 unspecified atom stereocenters. The Morgan fingerprint density at radius 2 is 2.14 bits per heavy atom. The highest BCUT2D eigenvalue weighted by molar-refractivity contribution is 4.72. The van der Waals surface area contributed by atoms with Crippen LogP contribution < -0.4 is 5.32 Å². The standard InChI is InChI=1S/C12H25NO/c1-3-8-13-11(2)6-9-14-10-7-12-4-5-12/h11-13H,3-10H2,1-2H3. The topological polar surface area (TPSA) is 21.3 Å². The summed E-state index contributed by atoms with van der Waals surface area (Å²) in [5.41, 5.74) is 0. The summed E-state index contributed by atoms with van der Waals surface area (Å²) in [7, 11) is 0. The molecule has 0 spiro atoms. The quantitative estimate of drug-likeness (QED) is 0.576. The summed E-state index contributed by atoms with van der Waals surface area (Å²) in [6.45, 7) is 7.46. The molecule has 0 radical (unpaired) electrons. The second kappa shape index (κ2) is 7.24. The van der Waals surface area contributed by atoms with Gasteiger partial charge in [-0.05, 0) is 38.6 Å². The van der Waals surface area contributed by atoms with E-state index < -0.39 is 0 Å². The van der Waals surface area contributed by atoms with Gasteiger partial charge in [0.25, 0.3) is 0 Å². The predicted molar refractivity (Wildman–Crippen MR) is 60.5 cm³/mol. The highest BCUT2D eigenvalue weighted by Gasteiger charge is 2.20. The maximum atomic E-state index is 5.60. The Morgan fingerprint density at radius 1 is 1.36 bits per heavy atom. The zero-order valence-corrected chi connectivity index (χ0v) is 9.72. The number of ether oxygens (including phenoxy) is 1. The number of nitrogens with one attached hydrogen (secondary N) is 1. The summed E-state index contributed by atoms with van der Waals surface area (Å²) in [4.78, 5) is 0. The van der Waals surface area contributed by atoms with Crippen LogP contribution in [0.1, 0.15) is 46.0 Å². The van der Waals surface area contributed by atoms with E-state index in [1.54, 1.807) is 0 Å². The highest BCUT2D eigenvalue weighted by atomic mass is 16.5. The van der Waals surface area contributed by atoms with Crippen LogP contribution in [0.2, 0.25) is 0 Å². The number of hydrogen-bond donors (Lipinski definition) is 1. The van der Waals surface area contributed by atoms with Crippen molar-refractivity contribution in [2.24, 2.45) is 5.92 Å². The molecule has 1 fully saturated rings. The molecule has 1 saturated carbocycles. The van der Waals surface area contributed by atoms with Crippen LogP contribution in [0.3, 0.4) is 0 Å². The van der Waals surface area contributed by atoms with Crippen molar-refractivity contribution in [3.63, 3.8) is 0 Å². The van der Waals surface area contributed by atoms with Crippen LogP contribution in [-0.2, 0) is 4.74 Å². The first-order chi connectivity index (χ1) is 6.83. The lowest BCUT2D eigenvalue weighted by atomic mass is 10.2. The normalized spacial score (nSPS) is 18.4.